The maximum absolute atomic E-state index is 14.1. The summed E-state index contributed by atoms with van der Waals surface area (Å²) in [4.78, 5) is 11.5. The minimum absolute atomic E-state index is 0.0386. The average molecular weight is 331 g/mol. The monoisotopic (exact) mass is 330 g/mol. The zero-order chi connectivity index (χ0) is 15.6. The summed E-state index contributed by atoms with van der Waals surface area (Å²) in [5.41, 5.74) is 1.56. The Hall–Kier alpha value is -1.06. The van der Waals surface area contributed by atoms with Gasteiger partial charge in [0, 0.05) is 0 Å². The summed E-state index contributed by atoms with van der Waals surface area (Å²) in [5, 5.41) is 0.995. The summed E-state index contributed by atoms with van der Waals surface area (Å²) in [6, 6.07) is 5.45. The van der Waals surface area contributed by atoms with Crippen molar-refractivity contribution in [3.05, 3.63) is 45.2 Å². The maximum atomic E-state index is 14.1. The summed E-state index contributed by atoms with van der Waals surface area (Å²) in [7, 11) is 0. The number of allylic oxidation sites excluding steroid dienone is 1. The van der Waals surface area contributed by atoms with Gasteiger partial charge in [-0.15, -0.1) is 0 Å². The Bertz CT molecular complexity index is 584. The van der Waals surface area contributed by atoms with Gasteiger partial charge < -0.3 is 4.74 Å². The summed E-state index contributed by atoms with van der Waals surface area (Å²) in [6.45, 7) is 3.68. The smallest absolute Gasteiger partial charge is 0.367 e. The van der Waals surface area contributed by atoms with Crippen molar-refractivity contribution in [2.75, 3.05) is 6.61 Å². The molecular formula is C16H17Cl2FO2. The summed E-state index contributed by atoms with van der Waals surface area (Å²) >= 11 is 11.9. The topological polar surface area (TPSA) is 26.3 Å². The van der Waals surface area contributed by atoms with Crippen LogP contribution in [0.2, 0.25) is 10.0 Å². The van der Waals surface area contributed by atoms with Crippen LogP contribution in [0.4, 0.5) is 4.39 Å². The molecule has 1 aromatic rings. The van der Waals surface area contributed by atoms with Crippen LogP contribution in [-0.4, -0.2) is 12.6 Å². The highest BCUT2D eigenvalue weighted by Gasteiger charge is 2.42. The van der Waals surface area contributed by atoms with Crippen LogP contribution in [0.15, 0.2) is 29.6 Å². The van der Waals surface area contributed by atoms with Crippen molar-refractivity contribution in [3.63, 3.8) is 0 Å². The van der Waals surface area contributed by atoms with E-state index in [1.165, 1.54) is 0 Å². The average Bonchev–Trinajstić information content (AvgIpc) is 3.23. The first-order chi connectivity index (χ1) is 9.99. The van der Waals surface area contributed by atoms with Crippen LogP contribution in [0.3, 0.4) is 0 Å². The molecule has 1 aliphatic carbocycles. The first-order valence-electron chi connectivity index (χ1n) is 7.00. The molecule has 1 aromatic carbocycles. The van der Waals surface area contributed by atoms with Crippen LogP contribution < -0.4 is 0 Å². The van der Waals surface area contributed by atoms with Crippen molar-refractivity contribution < 1.29 is 13.9 Å². The van der Waals surface area contributed by atoms with Gasteiger partial charge in [0.15, 0.2) is 0 Å². The van der Waals surface area contributed by atoms with Gasteiger partial charge in [-0.1, -0.05) is 36.2 Å². The molecule has 0 heterocycles. The predicted molar refractivity (Wildman–Crippen MR) is 82.4 cm³/mol. The molecule has 0 amide bonds. The van der Waals surface area contributed by atoms with E-state index in [2.05, 4.69) is 0 Å². The van der Waals surface area contributed by atoms with Crippen LogP contribution in [0.5, 0.6) is 0 Å². The van der Waals surface area contributed by atoms with Crippen LogP contribution in [0.1, 0.15) is 38.2 Å². The van der Waals surface area contributed by atoms with Crippen LogP contribution in [0, 0.1) is 5.92 Å². The zero-order valence-electron chi connectivity index (χ0n) is 12.0. The number of carbonyl (C=O) groups is 1. The Balaban J connectivity index is 2.18. The summed E-state index contributed by atoms with van der Waals surface area (Å²) in [5.74, 6) is -1.38. The van der Waals surface area contributed by atoms with Gasteiger partial charge >= 0.3 is 5.97 Å². The number of halogens is 3. The maximum Gasteiger partial charge on any atom is 0.367 e. The van der Waals surface area contributed by atoms with Gasteiger partial charge in [-0.3, -0.25) is 0 Å². The van der Waals surface area contributed by atoms with Crippen LogP contribution >= 0.6 is 23.2 Å². The summed E-state index contributed by atoms with van der Waals surface area (Å²) < 4.78 is 18.9. The number of benzene rings is 1. The molecule has 1 saturated carbocycles. The lowest BCUT2D eigenvalue weighted by atomic mass is 10.0. The minimum Gasteiger partial charge on any atom is -0.461 e. The molecule has 0 aliphatic heterocycles. The first kappa shape index (κ1) is 16.3. The quantitative estimate of drug-likeness (QED) is 0.541. The molecule has 0 bridgehead atoms. The van der Waals surface area contributed by atoms with Crippen molar-refractivity contribution in [1.29, 1.82) is 0 Å². The van der Waals surface area contributed by atoms with Gasteiger partial charge in [0.05, 0.1) is 16.7 Å². The molecule has 5 heteroatoms. The Morgan fingerprint density at radius 1 is 1.33 bits per heavy atom. The van der Waals surface area contributed by atoms with Gasteiger partial charge in [-0.2, -0.15) is 4.39 Å². The fourth-order valence-corrected chi connectivity index (χ4v) is 2.90. The third-order valence-corrected chi connectivity index (χ3v) is 4.47. The van der Waals surface area contributed by atoms with E-state index in [0.717, 1.165) is 12.0 Å². The van der Waals surface area contributed by atoms with Crippen molar-refractivity contribution in [2.45, 2.75) is 32.6 Å². The van der Waals surface area contributed by atoms with Crippen LogP contribution in [-0.2, 0) is 9.53 Å². The fraction of sp³-hybridized carbons (Fsp3) is 0.438. The molecule has 0 spiro atoms. The highest BCUT2D eigenvalue weighted by Crippen LogP contribution is 2.54. The third kappa shape index (κ3) is 3.58. The van der Waals surface area contributed by atoms with E-state index < -0.39 is 11.8 Å². The standard InChI is InChI=1S/C16H17Cl2FO2/c1-3-10(15(19)16(20)21-4-2)12-8-11(12)9-5-6-13(17)14(18)7-9/h5-7,11-12H,3-4,8H2,1-2H3/t11-,12-/m0/s1. The molecular weight excluding hydrogens is 314 g/mol. The Labute approximate surface area is 133 Å². The molecule has 0 N–H and O–H groups in total. The SMILES string of the molecule is CCOC(=O)C(F)=C(CC)[C@@H]1C[C@H]1c1ccc(Cl)c(Cl)c1. The largest absolute Gasteiger partial charge is 0.461 e. The van der Waals surface area contributed by atoms with Crippen LogP contribution in [0.25, 0.3) is 0 Å². The van der Waals surface area contributed by atoms with Crippen molar-refractivity contribution in [1.82, 2.24) is 0 Å². The second-order valence-electron chi connectivity index (χ2n) is 5.04. The van der Waals surface area contributed by atoms with E-state index in [1.807, 2.05) is 19.1 Å². The number of hydrogen-bond acceptors (Lipinski definition) is 2. The van der Waals surface area contributed by atoms with Gasteiger partial charge in [0.25, 0.3) is 0 Å². The van der Waals surface area contributed by atoms with E-state index in [1.54, 1.807) is 13.0 Å². The van der Waals surface area contributed by atoms with E-state index in [-0.39, 0.29) is 18.4 Å². The molecule has 2 rings (SSSR count). The highest BCUT2D eigenvalue weighted by molar-refractivity contribution is 6.42. The Morgan fingerprint density at radius 3 is 2.62 bits per heavy atom. The molecule has 0 radical (unpaired) electrons. The van der Waals surface area contributed by atoms with Gasteiger partial charge in [-0.25, -0.2) is 4.79 Å². The number of rotatable bonds is 5. The lowest BCUT2D eigenvalue weighted by Gasteiger charge is -2.08. The first-order valence-corrected chi connectivity index (χ1v) is 7.75. The zero-order valence-corrected chi connectivity index (χ0v) is 13.5. The molecule has 0 saturated heterocycles. The van der Waals surface area contributed by atoms with E-state index in [0.29, 0.717) is 22.0 Å². The minimum atomic E-state index is -0.867. The van der Waals surface area contributed by atoms with Gasteiger partial charge in [0.1, 0.15) is 0 Å². The lowest BCUT2D eigenvalue weighted by Crippen LogP contribution is -2.08. The Kier molecular flexibility index (Phi) is 5.28. The number of esters is 1. The molecule has 21 heavy (non-hydrogen) atoms. The molecule has 1 aliphatic rings. The molecule has 2 atom stereocenters. The number of ether oxygens (including phenoxy) is 1. The summed E-state index contributed by atoms with van der Waals surface area (Å²) in [6.07, 6.45) is 1.31. The highest BCUT2D eigenvalue weighted by atomic mass is 35.5. The van der Waals surface area contributed by atoms with E-state index in [4.69, 9.17) is 27.9 Å². The van der Waals surface area contributed by atoms with Crippen molar-refractivity contribution in [3.8, 4) is 0 Å². The number of carbonyl (C=O) groups excluding carboxylic acids is 1. The molecule has 114 valence electrons. The van der Waals surface area contributed by atoms with E-state index in [9.17, 15) is 9.18 Å². The lowest BCUT2D eigenvalue weighted by molar-refractivity contribution is -0.140. The van der Waals surface area contributed by atoms with E-state index >= 15 is 0 Å². The van der Waals surface area contributed by atoms with Gasteiger partial charge in [0.2, 0.25) is 5.83 Å². The third-order valence-electron chi connectivity index (χ3n) is 3.73. The molecule has 1 fully saturated rings. The normalized spacial score (nSPS) is 21.8. The van der Waals surface area contributed by atoms with Crippen molar-refractivity contribution in [2.24, 2.45) is 5.92 Å². The van der Waals surface area contributed by atoms with Crippen molar-refractivity contribution >= 4 is 29.2 Å². The fourth-order valence-electron chi connectivity index (χ4n) is 2.60. The van der Waals surface area contributed by atoms with Gasteiger partial charge in [-0.05, 0) is 54.9 Å². The predicted octanol–water partition coefficient (Wildman–Crippen LogP) is 5.29. The second-order valence-corrected chi connectivity index (χ2v) is 5.85. The molecule has 0 aromatic heterocycles. The number of hydrogen-bond donors (Lipinski definition) is 0. The second kappa shape index (κ2) is 6.80. The molecule has 2 nitrogen and oxygen atoms in total. The Morgan fingerprint density at radius 2 is 2.05 bits per heavy atom. The molecule has 0 unspecified atom stereocenters.